The molecule has 82 valence electrons. The van der Waals surface area contributed by atoms with E-state index in [-0.39, 0.29) is 0 Å². The third-order valence-corrected chi connectivity index (χ3v) is 2.79. The summed E-state index contributed by atoms with van der Waals surface area (Å²) in [6.45, 7) is 0.515. The van der Waals surface area contributed by atoms with Gasteiger partial charge in [-0.3, -0.25) is 0 Å². The molecule has 0 aromatic carbocycles. The number of nitrogens with two attached hydrogens (primary N) is 1. The Balaban J connectivity index is 1.74. The molecule has 0 unspecified atom stereocenters. The molecule has 1 aromatic heterocycles. The molecule has 1 aliphatic rings. The van der Waals surface area contributed by atoms with Crippen molar-refractivity contribution in [2.24, 2.45) is 5.73 Å². The SMILES string of the molecule is NC1CCC(OCc2ncccn2)CC1. The number of hydrogen-bond acceptors (Lipinski definition) is 4. The van der Waals surface area contributed by atoms with Crippen LogP contribution in [0.1, 0.15) is 31.5 Å². The molecule has 0 amide bonds. The topological polar surface area (TPSA) is 61.0 Å². The minimum Gasteiger partial charge on any atom is -0.370 e. The molecule has 15 heavy (non-hydrogen) atoms. The van der Waals surface area contributed by atoms with Crippen LogP contribution in [0.15, 0.2) is 18.5 Å². The molecule has 4 nitrogen and oxygen atoms in total. The van der Waals surface area contributed by atoms with Crippen molar-refractivity contribution in [3.63, 3.8) is 0 Å². The van der Waals surface area contributed by atoms with Gasteiger partial charge in [-0.25, -0.2) is 9.97 Å². The largest absolute Gasteiger partial charge is 0.370 e. The summed E-state index contributed by atoms with van der Waals surface area (Å²) >= 11 is 0. The van der Waals surface area contributed by atoms with Gasteiger partial charge in [-0.15, -0.1) is 0 Å². The van der Waals surface area contributed by atoms with Crippen LogP contribution in [0.4, 0.5) is 0 Å². The first-order valence-corrected chi connectivity index (χ1v) is 5.47. The van der Waals surface area contributed by atoms with E-state index in [1.165, 1.54) is 0 Å². The maximum absolute atomic E-state index is 5.82. The normalized spacial score (nSPS) is 26.5. The average Bonchev–Trinajstić information content (AvgIpc) is 2.30. The lowest BCUT2D eigenvalue weighted by Gasteiger charge is -2.25. The predicted octanol–water partition coefficient (Wildman–Crippen LogP) is 1.26. The standard InChI is InChI=1S/C11H17N3O/c12-9-2-4-10(5-3-9)15-8-11-13-6-1-7-14-11/h1,6-7,9-10H,2-5,8,12H2. The van der Waals surface area contributed by atoms with Crippen LogP contribution < -0.4 is 5.73 Å². The van der Waals surface area contributed by atoms with Crippen LogP contribution in [0.3, 0.4) is 0 Å². The van der Waals surface area contributed by atoms with Gasteiger partial charge in [0.1, 0.15) is 6.61 Å². The lowest BCUT2D eigenvalue weighted by molar-refractivity contribution is 0.0105. The van der Waals surface area contributed by atoms with Gasteiger partial charge in [-0.1, -0.05) is 0 Å². The van der Waals surface area contributed by atoms with Crippen molar-refractivity contribution < 1.29 is 4.74 Å². The molecule has 1 saturated carbocycles. The summed E-state index contributed by atoms with van der Waals surface area (Å²) in [5.74, 6) is 0.757. The van der Waals surface area contributed by atoms with Crippen molar-refractivity contribution in [1.29, 1.82) is 0 Å². The highest BCUT2D eigenvalue weighted by Crippen LogP contribution is 2.20. The molecule has 2 N–H and O–H groups in total. The highest BCUT2D eigenvalue weighted by atomic mass is 16.5. The highest BCUT2D eigenvalue weighted by molar-refractivity contribution is 4.86. The Kier molecular flexibility index (Phi) is 3.64. The maximum Gasteiger partial charge on any atom is 0.153 e. The van der Waals surface area contributed by atoms with Crippen LogP contribution in [0.2, 0.25) is 0 Å². The summed E-state index contributed by atoms with van der Waals surface area (Å²) in [7, 11) is 0. The molecule has 1 aliphatic carbocycles. The minimum atomic E-state index is 0.341. The van der Waals surface area contributed by atoms with E-state index in [0.717, 1.165) is 31.5 Å². The van der Waals surface area contributed by atoms with Gasteiger partial charge in [0.2, 0.25) is 0 Å². The molecule has 4 heteroatoms. The van der Waals surface area contributed by atoms with Gasteiger partial charge in [0.15, 0.2) is 5.82 Å². The van der Waals surface area contributed by atoms with Gasteiger partial charge in [-0.2, -0.15) is 0 Å². The van der Waals surface area contributed by atoms with Gasteiger partial charge < -0.3 is 10.5 Å². The van der Waals surface area contributed by atoms with Crippen LogP contribution in [0, 0.1) is 0 Å². The second kappa shape index (κ2) is 5.19. The number of aromatic nitrogens is 2. The lowest BCUT2D eigenvalue weighted by atomic mass is 9.94. The zero-order valence-electron chi connectivity index (χ0n) is 8.80. The van der Waals surface area contributed by atoms with Crippen molar-refractivity contribution in [2.45, 2.75) is 44.4 Å². The van der Waals surface area contributed by atoms with Crippen LogP contribution >= 0.6 is 0 Å². The van der Waals surface area contributed by atoms with Gasteiger partial charge in [-0.05, 0) is 31.7 Å². The first-order valence-electron chi connectivity index (χ1n) is 5.47. The second-order valence-electron chi connectivity index (χ2n) is 4.01. The Hall–Kier alpha value is -1.00. The van der Waals surface area contributed by atoms with Gasteiger partial charge in [0.25, 0.3) is 0 Å². The van der Waals surface area contributed by atoms with E-state index in [2.05, 4.69) is 9.97 Å². The van der Waals surface area contributed by atoms with E-state index in [9.17, 15) is 0 Å². The predicted molar refractivity (Wildman–Crippen MR) is 57.1 cm³/mol. The Bertz CT molecular complexity index is 283. The summed E-state index contributed by atoms with van der Waals surface area (Å²) in [5, 5.41) is 0. The fourth-order valence-corrected chi connectivity index (χ4v) is 1.85. The number of hydrogen-bond donors (Lipinski definition) is 1. The number of nitrogens with zero attached hydrogens (tertiary/aromatic N) is 2. The van der Waals surface area contributed by atoms with Gasteiger partial charge >= 0.3 is 0 Å². The van der Waals surface area contributed by atoms with Gasteiger partial charge in [0.05, 0.1) is 6.10 Å². The smallest absolute Gasteiger partial charge is 0.153 e. The molecular formula is C11H17N3O. The molecule has 0 radical (unpaired) electrons. The Morgan fingerprint density at radius 2 is 1.87 bits per heavy atom. The first-order chi connectivity index (χ1) is 7.34. The molecule has 0 atom stereocenters. The van der Waals surface area contributed by atoms with Crippen LogP contribution in [0.25, 0.3) is 0 Å². The third-order valence-electron chi connectivity index (χ3n) is 2.79. The fraction of sp³-hybridized carbons (Fsp3) is 0.636. The summed E-state index contributed by atoms with van der Waals surface area (Å²) in [6, 6.07) is 2.18. The minimum absolute atomic E-state index is 0.341. The molecule has 0 saturated heterocycles. The van der Waals surface area contributed by atoms with E-state index < -0.39 is 0 Å². The van der Waals surface area contributed by atoms with Crippen molar-refractivity contribution >= 4 is 0 Å². The number of ether oxygens (including phenoxy) is 1. The molecule has 2 rings (SSSR count). The quantitative estimate of drug-likeness (QED) is 0.810. The van der Waals surface area contributed by atoms with E-state index in [1.54, 1.807) is 12.4 Å². The monoisotopic (exact) mass is 207 g/mol. The van der Waals surface area contributed by atoms with E-state index >= 15 is 0 Å². The van der Waals surface area contributed by atoms with Gasteiger partial charge in [0, 0.05) is 18.4 Å². The van der Waals surface area contributed by atoms with Crippen LogP contribution in [0.5, 0.6) is 0 Å². The molecule has 0 bridgehead atoms. The maximum atomic E-state index is 5.82. The highest BCUT2D eigenvalue weighted by Gasteiger charge is 2.18. The zero-order valence-corrected chi connectivity index (χ0v) is 8.80. The molecule has 1 aromatic rings. The fourth-order valence-electron chi connectivity index (χ4n) is 1.85. The van der Waals surface area contributed by atoms with E-state index in [4.69, 9.17) is 10.5 Å². The van der Waals surface area contributed by atoms with Crippen molar-refractivity contribution in [2.75, 3.05) is 0 Å². The molecule has 1 heterocycles. The van der Waals surface area contributed by atoms with Crippen LogP contribution in [-0.4, -0.2) is 22.1 Å². The summed E-state index contributed by atoms with van der Waals surface area (Å²) in [6.07, 6.45) is 8.08. The summed E-state index contributed by atoms with van der Waals surface area (Å²) in [4.78, 5) is 8.23. The molecule has 0 spiro atoms. The second-order valence-corrected chi connectivity index (χ2v) is 4.01. The van der Waals surface area contributed by atoms with E-state index in [1.807, 2.05) is 6.07 Å². The Morgan fingerprint density at radius 1 is 1.20 bits per heavy atom. The molecule has 1 fully saturated rings. The lowest BCUT2D eigenvalue weighted by Crippen LogP contribution is -2.30. The molecule has 0 aliphatic heterocycles. The summed E-state index contributed by atoms with van der Waals surface area (Å²) < 4.78 is 5.74. The van der Waals surface area contributed by atoms with E-state index in [0.29, 0.717) is 18.8 Å². The van der Waals surface area contributed by atoms with Crippen LogP contribution in [-0.2, 0) is 11.3 Å². The molecular weight excluding hydrogens is 190 g/mol. The van der Waals surface area contributed by atoms with Crippen molar-refractivity contribution in [3.05, 3.63) is 24.3 Å². The zero-order chi connectivity index (χ0) is 10.5. The average molecular weight is 207 g/mol. The third kappa shape index (κ3) is 3.25. The Morgan fingerprint density at radius 3 is 2.53 bits per heavy atom. The first kappa shape index (κ1) is 10.5. The number of rotatable bonds is 3. The Labute approximate surface area is 89.9 Å². The summed E-state index contributed by atoms with van der Waals surface area (Å²) in [5.41, 5.74) is 5.82. The van der Waals surface area contributed by atoms with Crippen molar-refractivity contribution in [3.8, 4) is 0 Å². The van der Waals surface area contributed by atoms with Crippen molar-refractivity contribution in [1.82, 2.24) is 9.97 Å².